The highest BCUT2D eigenvalue weighted by Gasteiger charge is 2.41. The minimum Gasteiger partial charge on any atom is -0.445 e. The van der Waals surface area contributed by atoms with E-state index in [0.29, 0.717) is 39.4 Å². The number of fused-ring (bicyclic) bond motifs is 2. The molecule has 4 aliphatic heterocycles. The van der Waals surface area contributed by atoms with E-state index < -0.39 is 11.2 Å². The zero-order chi connectivity index (χ0) is 33.3. The summed E-state index contributed by atoms with van der Waals surface area (Å²) in [5.74, 6) is 0. The van der Waals surface area contributed by atoms with Crippen LogP contribution in [0.4, 0.5) is 14.4 Å². The molecule has 12 nitrogen and oxygen atoms in total. The van der Waals surface area contributed by atoms with Crippen LogP contribution in [0.5, 0.6) is 0 Å². The van der Waals surface area contributed by atoms with E-state index in [1.807, 2.05) is 76.8 Å². The van der Waals surface area contributed by atoms with Gasteiger partial charge in [0.05, 0.1) is 37.5 Å². The number of nitrogens with zero attached hydrogens (tertiary/aromatic N) is 3. The second-order valence-corrected chi connectivity index (χ2v) is 14.3. The van der Waals surface area contributed by atoms with Crippen LogP contribution in [0.15, 0.2) is 30.3 Å². The number of nitrogens with one attached hydrogen (secondary N) is 1. The van der Waals surface area contributed by atoms with Crippen molar-refractivity contribution in [3.8, 4) is 0 Å². The molecule has 1 aromatic carbocycles. The Labute approximate surface area is 290 Å². The lowest BCUT2D eigenvalue weighted by Crippen LogP contribution is -2.58. The Morgan fingerprint density at radius 1 is 0.792 bits per heavy atom. The Morgan fingerprint density at radius 2 is 1.33 bits per heavy atom. The van der Waals surface area contributed by atoms with Crippen molar-refractivity contribution in [3.63, 3.8) is 0 Å². The maximum Gasteiger partial charge on any atom is 0.410 e. The molecule has 48 heavy (non-hydrogen) atoms. The third kappa shape index (κ3) is 12.4. The number of carbonyl (C=O) groups is 3. The Morgan fingerprint density at radius 3 is 1.92 bits per heavy atom. The summed E-state index contributed by atoms with van der Waals surface area (Å²) in [7, 11) is 0. The SMILES string of the molecule is C.C.CC(C)(C)OC(=O)N1CCO[C@@H]2CCCN(C(=O)OCc3ccccc3)C[C@H]21.CC(C)(C)OC(=O)N1CCO[C@@H]2CCCNC[C@H]21.[HH]. The topological polar surface area (TPSA) is 119 Å². The second kappa shape index (κ2) is 18.6. The predicted octanol–water partition coefficient (Wildman–Crippen LogP) is 6.32. The van der Waals surface area contributed by atoms with Crippen molar-refractivity contribution in [2.45, 2.75) is 124 Å². The van der Waals surface area contributed by atoms with Crippen LogP contribution in [0.25, 0.3) is 0 Å². The van der Waals surface area contributed by atoms with Crippen LogP contribution in [0.2, 0.25) is 0 Å². The van der Waals surface area contributed by atoms with E-state index in [1.165, 1.54) is 0 Å². The van der Waals surface area contributed by atoms with Gasteiger partial charge in [0.2, 0.25) is 0 Å². The summed E-state index contributed by atoms with van der Waals surface area (Å²) in [6, 6.07) is 9.48. The number of hydrogen-bond acceptors (Lipinski definition) is 9. The van der Waals surface area contributed by atoms with Gasteiger partial charge in [-0.1, -0.05) is 45.2 Å². The molecule has 12 heteroatoms. The van der Waals surface area contributed by atoms with Gasteiger partial charge in [0.15, 0.2) is 0 Å². The number of amides is 3. The zero-order valence-electron chi connectivity index (χ0n) is 28.5. The summed E-state index contributed by atoms with van der Waals surface area (Å²) >= 11 is 0. The standard InChI is InChI=1S/C21H30N2O5.C13H24N2O3.2CH4.H2/c1-21(2,3)28-20(25)23-12-13-26-18-10-7-11-22(14-17(18)23)19(24)27-15-16-8-5-4-6-9-16;1-13(2,3)18-12(16)15-7-8-17-11-5-4-6-14-9-10(11)15;;;/h4-6,8-9,17-18H,7,10-15H2,1-3H3;10-11,14H,4-9H2,1-3H3;2*1H4;1H/t17-,18-;10-,11-;;;/m11.../s1. The summed E-state index contributed by atoms with van der Waals surface area (Å²) in [6.45, 7) is 16.4. The Kier molecular flexibility index (Phi) is 15.9. The molecule has 0 bridgehead atoms. The summed E-state index contributed by atoms with van der Waals surface area (Å²) in [6.07, 6.45) is 2.85. The molecule has 3 amide bonds. The third-order valence-electron chi connectivity index (χ3n) is 8.23. The number of carbonyl (C=O) groups excluding carboxylic acids is 3. The van der Waals surface area contributed by atoms with Gasteiger partial charge in [-0.2, -0.15) is 0 Å². The lowest BCUT2D eigenvalue weighted by atomic mass is 10.0. The molecule has 0 aromatic heterocycles. The normalized spacial score (nSPS) is 24.3. The fourth-order valence-electron chi connectivity index (χ4n) is 6.12. The van der Waals surface area contributed by atoms with Crippen LogP contribution in [-0.2, 0) is 30.3 Å². The van der Waals surface area contributed by atoms with Gasteiger partial charge >= 0.3 is 18.3 Å². The Balaban J connectivity index is 0.000000500. The van der Waals surface area contributed by atoms with Gasteiger partial charge in [0.25, 0.3) is 0 Å². The number of hydrogen-bond donors (Lipinski definition) is 1. The quantitative estimate of drug-likeness (QED) is 0.358. The fraction of sp³-hybridized carbons (Fsp3) is 0.750. The largest absolute Gasteiger partial charge is 0.445 e. The first kappa shape index (κ1) is 41.1. The average Bonchev–Trinajstić information content (AvgIpc) is 3.37. The summed E-state index contributed by atoms with van der Waals surface area (Å²) in [4.78, 5) is 42.7. The lowest BCUT2D eigenvalue weighted by molar-refractivity contribution is -0.0782. The molecule has 5 rings (SSSR count). The van der Waals surface area contributed by atoms with Crippen molar-refractivity contribution in [2.75, 3.05) is 52.5 Å². The van der Waals surface area contributed by atoms with Crippen LogP contribution in [0.3, 0.4) is 0 Å². The van der Waals surface area contributed by atoms with Crippen LogP contribution < -0.4 is 5.32 Å². The van der Waals surface area contributed by atoms with Gasteiger partial charge in [0, 0.05) is 34.2 Å². The van der Waals surface area contributed by atoms with E-state index in [0.717, 1.165) is 44.3 Å². The summed E-state index contributed by atoms with van der Waals surface area (Å²) in [5.41, 5.74) is -0.0626. The van der Waals surface area contributed by atoms with Crippen LogP contribution in [0.1, 0.15) is 89.1 Å². The lowest BCUT2D eigenvalue weighted by Gasteiger charge is -2.41. The Hall–Kier alpha value is -3.09. The highest BCUT2D eigenvalue weighted by Crippen LogP contribution is 2.26. The molecule has 4 saturated heterocycles. The van der Waals surface area contributed by atoms with Crippen molar-refractivity contribution < 1.29 is 39.5 Å². The molecule has 4 heterocycles. The molecule has 4 aliphatic rings. The molecule has 0 aliphatic carbocycles. The number of ether oxygens (including phenoxy) is 5. The van der Waals surface area contributed by atoms with Crippen LogP contribution in [-0.4, -0.2) is 121 Å². The highest BCUT2D eigenvalue weighted by molar-refractivity contribution is 5.70. The van der Waals surface area contributed by atoms with E-state index in [4.69, 9.17) is 23.7 Å². The number of benzene rings is 1. The van der Waals surface area contributed by atoms with Gasteiger partial charge in [-0.3, -0.25) is 9.80 Å². The van der Waals surface area contributed by atoms with E-state index in [9.17, 15) is 14.4 Å². The first-order chi connectivity index (χ1) is 21.8. The van der Waals surface area contributed by atoms with Gasteiger partial charge in [-0.25, -0.2) is 14.4 Å². The molecule has 0 unspecified atom stereocenters. The molecule has 1 aromatic rings. The number of rotatable bonds is 2. The van der Waals surface area contributed by atoms with E-state index in [2.05, 4.69) is 5.32 Å². The molecule has 1 N–H and O–H groups in total. The minimum absolute atomic E-state index is 0. The average molecular weight is 681 g/mol. The zero-order valence-corrected chi connectivity index (χ0v) is 28.5. The fourth-order valence-corrected chi connectivity index (χ4v) is 6.12. The van der Waals surface area contributed by atoms with Crippen LogP contribution >= 0.6 is 0 Å². The van der Waals surface area contributed by atoms with Crippen molar-refractivity contribution in [2.24, 2.45) is 0 Å². The molecule has 4 atom stereocenters. The summed E-state index contributed by atoms with van der Waals surface area (Å²) in [5, 5.41) is 3.36. The van der Waals surface area contributed by atoms with E-state index in [-0.39, 0.29) is 65.5 Å². The third-order valence-corrected chi connectivity index (χ3v) is 8.23. The van der Waals surface area contributed by atoms with Gasteiger partial charge in [-0.15, -0.1) is 0 Å². The van der Waals surface area contributed by atoms with Gasteiger partial charge in [-0.05, 0) is 79.3 Å². The molecular formula is C36H64N4O8. The predicted molar refractivity (Wildman–Crippen MR) is 188 cm³/mol. The highest BCUT2D eigenvalue weighted by atomic mass is 16.6. The summed E-state index contributed by atoms with van der Waals surface area (Å²) < 4.78 is 28.2. The first-order valence-electron chi connectivity index (χ1n) is 16.7. The second-order valence-electron chi connectivity index (χ2n) is 14.3. The van der Waals surface area contributed by atoms with Crippen molar-refractivity contribution >= 4 is 18.3 Å². The molecule has 0 spiro atoms. The van der Waals surface area contributed by atoms with Gasteiger partial charge in [0.1, 0.15) is 17.8 Å². The molecule has 4 fully saturated rings. The van der Waals surface area contributed by atoms with Crippen LogP contribution in [0, 0.1) is 0 Å². The van der Waals surface area contributed by atoms with E-state index >= 15 is 0 Å². The molecule has 276 valence electrons. The maximum absolute atomic E-state index is 12.7. The Bertz CT molecular complexity index is 1150. The van der Waals surface area contributed by atoms with Crippen molar-refractivity contribution in [3.05, 3.63) is 35.9 Å². The van der Waals surface area contributed by atoms with Crippen molar-refractivity contribution in [1.29, 1.82) is 0 Å². The molecular weight excluding hydrogens is 616 g/mol. The maximum atomic E-state index is 12.7. The number of morpholine rings is 2. The molecule has 0 saturated carbocycles. The first-order valence-corrected chi connectivity index (χ1v) is 16.7. The minimum atomic E-state index is -0.566. The smallest absolute Gasteiger partial charge is 0.410 e. The van der Waals surface area contributed by atoms with Crippen molar-refractivity contribution in [1.82, 2.24) is 20.0 Å². The van der Waals surface area contributed by atoms with Gasteiger partial charge < -0.3 is 33.9 Å². The molecule has 0 radical (unpaired) electrons. The monoisotopic (exact) mass is 680 g/mol. The number of likely N-dealkylation sites (tertiary alicyclic amines) is 1. The van der Waals surface area contributed by atoms with E-state index in [1.54, 1.807) is 9.80 Å².